The molecule has 3 unspecified atom stereocenters. The van der Waals surface area contributed by atoms with Gasteiger partial charge in [-0.15, -0.1) is 0 Å². The topological polar surface area (TPSA) is 60.2 Å². The SMILES string of the molecule is CC1C(N)CCC1S(=O)(=O)c1cc(F)ccc1F. The average Bonchev–Trinajstić information content (AvgIpc) is 2.63. The first-order chi connectivity index (χ1) is 8.34. The number of rotatable bonds is 2. The molecule has 100 valence electrons. The standard InChI is InChI=1S/C12H15F2NO2S/c1-7-10(15)4-5-11(7)18(16,17)12-6-8(13)2-3-9(12)14/h2-3,6-7,10-11H,4-5,15H2,1H3. The molecule has 1 saturated carbocycles. The number of halogens is 2. The fourth-order valence-corrected chi connectivity index (χ4v) is 4.61. The fourth-order valence-electron chi connectivity index (χ4n) is 2.45. The van der Waals surface area contributed by atoms with Gasteiger partial charge in [0, 0.05) is 6.04 Å². The molecule has 0 spiro atoms. The number of nitrogens with two attached hydrogens (primary N) is 1. The fraction of sp³-hybridized carbons (Fsp3) is 0.500. The third-order valence-electron chi connectivity index (χ3n) is 3.64. The molecule has 3 atom stereocenters. The highest BCUT2D eigenvalue weighted by Crippen LogP contribution is 2.34. The molecule has 2 rings (SSSR count). The van der Waals surface area contributed by atoms with Crippen LogP contribution < -0.4 is 5.73 Å². The van der Waals surface area contributed by atoms with Gasteiger partial charge in [0.1, 0.15) is 16.5 Å². The lowest BCUT2D eigenvalue weighted by Gasteiger charge is -2.18. The van der Waals surface area contributed by atoms with E-state index in [-0.39, 0.29) is 12.0 Å². The van der Waals surface area contributed by atoms with Crippen molar-refractivity contribution in [2.45, 2.75) is 36.0 Å². The largest absolute Gasteiger partial charge is 0.327 e. The first-order valence-corrected chi connectivity index (χ1v) is 7.33. The summed E-state index contributed by atoms with van der Waals surface area (Å²) in [6, 6.07) is 2.27. The van der Waals surface area contributed by atoms with Crippen molar-refractivity contribution in [3.63, 3.8) is 0 Å². The molecule has 0 bridgehead atoms. The molecule has 2 N–H and O–H groups in total. The van der Waals surface area contributed by atoms with Crippen molar-refractivity contribution in [2.24, 2.45) is 11.7 Å². The molecule has 1 aromatic carbocycles. The molecule has 18 heavy (non-hydrogen) atoms. The van der Waals surface area contributed by atoms with E-state index >= 15 is 0 Å². The predicted octanol–water partition coefficient (Wildman–Crippen LogP) is 1.86. The molecule has 0 saturated heterocycles. The lowest BCUT2D eigenvalue weighted by molar-refractivity contribution is 0.500. The Labute approximate surface area is 105 Å². The third kappa shape index (κ3) is 2.14. The lowest BCUT2D eigenvalue weighted by Crippen LogP contribution is -2.32. The molecule has 0 aromatic heterocycles. The van der Waals surface area contributed by atoms with Gasteiger partial charge in [-0.1, -0.05) is 6.92 Å². The molecule has 0 radical (unpaired) electrons. The highest BCUT2D eigenvalue weighted by atomic mass is 32.2. The van der Waals surface area contributed by atoms with Crippen LogP contribution in [-0.2, 0) is 9.84 Å². The highest BCUT2D eigenvalue weighted by molar-refractivity contribution is 7.92. The van der Waals surface area contributed by atoms with Crippen LogP contribution in [-0.4, -0.2) is 19.7 Å². The Balaban J connectivity index is 2.46. The second-order valence-electron chi connectivity index (χ2n) is 4.76. The van der Waals surface area contributed by atoms with Crippen LogP contribution in [0.3, 0.4) is 0 Å². The molecule has 1 aromatic rings. The Morgan fingerprint density at radius 3 is 2.50 bits per heavy atom. The van der Waals surface area contributed by atoms with E-state index in [2.05, 4.69) is 0 Å². The van der Waals surface area contributed by atoms with E-state index in [1.165, 1.54) is 0 Å². The third-order valence-corrected chi connectivity index (χ3v) is 6.03. The van der Waals surface area contributed by atoms with Gasteiger partial charge >= 0.3 is 0 Å². The van der Waals surface area contributed by atoms with E-state index in [0.717, 1.165) is 18.2 Å². The summed E-state index contributed by atoms with van der Waals surface area (Å²) in [7, 11) is -3.87. The zero-order chi connectivity index (χ0) is 13.5. The van der Waals surface area contributed by atoms with Gasteiger partial charge in [-0.05, 0) is 37.0 Å². The molecule has 0 aliphatic heterocycles. The molecular formula is C12H15F2NO2S. The van der Waals surface area contributed by atoms with Crippen molar-refractivity contribution in [3.05, 3.63) is 29.8 Å². The maximum atomic E-state index is 13.6. The van der Waals surface area contributed by atoms with Crippen molar-refractivity contribution < 1.29 is 17.2 Å². The molecule has 0 heterocycles. The number of hydrogen-bond acceptors (Lipinski definition) is 3. The van der Waals surface area contributed by atoms with Crippen molar-refractivity contribution >= 4 is 9.84 Å². The maximum Gasteiger partial charge on any atom is 0.184 e. The monoisotopic (exact) mass is 275 g/mol. The van der Waals surface area contributed by atoms with Crippen molar-refractivity contribution in [2.75, 3.05) is 0 Å². The summed E-state index contributed by atoms with van der Waals surface area (Å²) in [6.45, 7) is 1.73. The van der Waals surface area contributed by atoms with Gasteiger partial charge in [-0.3, -0.25) is 0 Å². The number of sulfone groups is 1. The highest BCUT2D eigenvalue weighted by Gasteiger charge is 2.41. The minimum atomic E-state index is -3.87. The van der Waals surface area contributed by atoms with E-state index in [4.69, 9.17) is 5.73 Å². The molecule has 1 aliphatic carbocycles. The molecular weight excluding hydrogens is 260 g/mol. The van der Waals surface area contributed by atoms with Crippen LogP contribution in [0.1, 0.15) is 19.8 Å². The normalized spacial score (nSPS) is 28.6. The summed E-state index contributed by atoms with van der Waals surface area (Å²) in [5.41, 5.74) is 5.78. The maximum absolute atomic E-state index is 13.6. The van der Waals surface area contributed by atoms with Gasteiger partial charge in [0.15, 0.2) is 9.84 Å². The van der Waals surface area contributed by atoms with Crippen LogP contribution in [0, 0.1) is 17.6 Å². The molecule has 0 amide bonds. The molecule has 3 nitrogen and oxygen atoms in total. The van der Waals surface area contributed by atoms with Gasteiger partial charge in [0.25, 0.3) is 0 Å². The summed E-state index contributed by atoms with van der Waals surface area (Å²) < 4.78 is 51.3. The van der Waals surface area contributed by atoms with E-state index in [1.54, 1.807) is 6.92 Å². The zero-order valence-electron chi connectivity index (χ0n) is 9.94. The van der Waals surface area contributed by atoms with Crippen molar-refractivity contribution in [3.8, 4) is 0 Å². The predicted molar refractivity (Wildman–Crippen MR) is 63.7 cm³/mol. The first kappa shape index (κ1) is 13.4. The smallest absolute Gasteiger partial charge is 0.184 e. The summed E-state index contributed by atoms with van der Waals surface area (Å²) >= 11 is 0. The Bertz CT molecular complexity index is 559. The Morgan fingerprint density at radius 2 is 1.94 bits per heavy atom. The van der Waals surface area contributed by atoms with Gasteiger partial charge in [-0.25, -0.2) is 17.2 Å². The lowest BCUT2D eigenvalue weighted by atomic mass is 10.1. The van der Waals surface area contributed by atoms with Gasteiger partial charge < -0.3 is 5.73 Å². The minimum Gasteiger partial charge on any atom is -0.327 e. The minimum absolute atomic E-state index is 0.207. The zero-order valence-corrected chi connectivity index (χ0v) is 10.8. The van der Waals surface area contributed by atoms with Gasteiger partial charge in [-0.2, -0.15) is 0 Å². The van der Waals surface area contributed by atoms with Crippen LogP contribution >= 0.6 is 0 Å². The molecule has 1 aliphatic rings. The summed E-state index contributed by atoms with van der Waals surface area (Å²) in [5, 5.41) is -0.733. The van der Waals surface area contributed by atoms with Crippen molar-refractivity contribution in [1.29, 1.82) is 0 Å². The van der Waals surface area contributed by atoms with E-state index in [1.807, 2.05) is 0 Å². The van der Waals surface area contributed by atoms with Crippen LogP contribution in [0.15, 0.2) is 23.1 Å². The summed E-state index contributed by atoms with van der Waals surface area (Å²) in [5.74, 6) is -1.92. The van der Waals surface area contributed by atoms with Gasteiger partial charge in [0.2, 0.25) is 0 Å². The Hall–Kier alpha value is -1.01. The first-order valence-electron chi connectivity index (χ1n) is 5.78. The number of hydrogen-bond donors (Lipinski definition) is 1. The second kappa shape index (κ2) is 4.59. The average molecular weight is 275 g/mol. The van der Waals surface area contributed by atoms with Crippen LogP contribution in [0.2, 0.25) is 0 Å². The summed E-state index contributed by atoms with van der Waals surface area (Å²) in [4.78, 5) is -0.562. The second-order valence-corrected chi connectivity index (χ2v) is 6.89. The Morgan fingerprint density at radius 1 is 1.28 bits per heavy atom. The van der Waals surface area contributed by atoms with Gasteiger partial charge in [0.05, 0.1) is 5.25 Å². The Kier molecular flexibility index (Phi) is 3.42. The van der Waals surface area contributed by atoms with Crippen molar-refractivity contribution in [1.82, 2.24) is 0 Å². The van der Waals surface area contributed by atoms with E-state index in [0.29, 0.717) is 12.8 Å². The van der Waals surface area contributed by atoms with E-state index in [9.17, 15) is 17.2 Å². The molecule has 6 heteroatoms. The molecule has 1 fully saturated rings. The quantitative estimate of drug-likeness (QED) is 0.896. The van der Waals surface area contributed by atoms with Crippen LogP contribution in [0.25, 0.3) is 0 Å². The van der Waals surface area contributed by atoms with Crippen LogP contribution in [0.4, 0.5) is 8.78 Å². The van der Waals surface area contributed by atoms with Crippen LogP contribution in [0.5, 0.6) is 0 Å². The summed E-state index contributed by atoms with van der Waals surface area (Å²) in [6.07, 6.45) is 0.975. The van der Waals surface area contributed by atoms with E-state index < -0.39 is 31.6 Å². The number of benzene rings is 1.